The highest BCUT2D eigenvalue weighted by Crippen LogP contribution is 2.24. The summed E-state index contributed by atoms with van der Waals surface area (Å²) in [5, 5.41) is 5.95. The largest absolute Gasteiger partial charge is 0.347 e. The Kier molecular flexibility index (Phi) is 7.97. The van der Waals surface area contributed by atoms with Crippen molar-refractivity contribution in [3.63, 3.8) is 0 Å². The summed E-state index contributed by atoms with van der Waals surface area (Å²) in [6.07, 6.45) is 0. The molecule has 0 heterocycles. The molecule has 9 heteroatoms. The second kappa shape index (κ2) is 9.46. The summed E-state index contributed by atoms with van der Waals surface area (Å²) in [6.45, 7) is 0.110. The van der Waals surface area contributed by atoms with E-state index in [2.05, 4.69) is 10.6 Å². The number of likely N-dealkylation sites (N-methyl/N-ethyl adjacent to an activating group) is 2. The first kappa shape index (κ1) is 20.2. The number of hydrogen-bond donors (Lipinski definition) is 3. The molecular weight excluding hydrogens is 355 g/mol. The van der Waals surface area contributed by atoms with Gasteiger partial charge in [-0.15, -0.1) is 0 Å². The van der Waals surface area contributed by atoms with Gasteiger partial charge in [0, 0.05) is 19.8 Å². The first-order valence-electron chi connectivity index (χ1n) is 7.22. The molecule has 0 radical (unpaired) electrons. The fourth-order valence-corrected chi connectivity index (χ4v) is 2.08. The van der Waals surface area contributed by atoms with E-state index in [0.717, 1.165) is 0 Å². The number of anilines is 1. The standard InChI is InChI=1S/C15H20Cl2N4O3/c1-20(2)15(24)7-18-13(22)8-21(3)9-14(23)19-10-4-5-11(16)12(17)6-10/h4-6H,7-9H2,1-3H3,(H,18,22)(H,19,23)/p+1. The lowest BCUT2D eigenvalue weighted by molar-refractivity contribution is -0.862. The van der Waals surface area contributed by atoms with Gasteiger partial charge in [0.1, 0.15) is 0 Å². The first-order chi connectivity index (χ1) is 11.2. The molecule has 0 saturated heterocycles. The number of carbonyl (C=O) groups is 3. The van der Waals surface area contributed by atoms with E-state index < -0.39 is 0 Å². The molecule has 1 aromatic carbocycles. The lowest BCUT2D eigenvalue weighted by Crippen LogP contribution is -3.11. The molecule has 0 spiro atoms. The number of amides is 3. The average Bonchev–Trinajstić information content (AvgIpc) is 2.48. The fraction of sp³-hybridized carbons (Fsp3) is 0.400. The quantitative estimate of drug-likeness (QED) is 0.609. The molecule has 3 amide bonds. The van der Waals surface area contributed by atoms with Gasteiger partial charge in [-0.05, 0) is 18.2 Å². The molecule has 24 heavy (non-hydrogen) atoms. The summed E-state index contributed by atoms with van der Waals surface area (Å²) < 4.78 is 0. The van der Waals surface area contributed by atoms with Gasteiger partial charge in [-0.1, -0.05) is 23.2 Å². The minimum Gasteiger partial charge on any atom is -0.347 e. The first-order valence-corrected chi connectivity index (χ1v) is 7.97. The number of nitrogens with zero attached hydrogens (tertiary/aromatic N) is 1. The van der Waals surface area contributed by atoms with Crippen LogP contribution in [0, 0.1) is 0 Å². The van der Waals surface area contributed by atoms with Crippen LogP contribution in [0.1, 0.15) is 0 Å². The maximum atomic E-state index is 12.0. The van der Waals surface area contributed by atoms with Gasteiger partial charge in [-0.2, -0.15) is 0 Å². The van der Waals surface area contributed by atoms with Gasteiger partial charge in [0.2, 0.25) is 5.91 Å². The van der Waals surface area contributed by atoms with E-state index in [9.17, 15) is 14.4 Å². The van der Waals surface area contributed by atoms with Crippen molar-refractivity contribution in [2.45, 2.75) is 0 Å². The Hall–Kier alpha value is -1.83. The molecule has 0 aliphatic heterocycles. The normalized spacial score (nSPS) is 11.5. The van der Waals surface area contributed by atoms with Crippen LogP contribution < -0.4 is 15.5 Å². The third-order valence-electron chi connectivity index (χ3n) is 3.06. The van der Waals surface area contributed by atoms with Crippen LogP contribution in [0.15, 0.2) is 18.2 Å². The van der Waals surface area contributed by atoms with Crippen LogP contribution in [-0.4, -0.2) is 63.4 Å². The van der Waals surface area contributed by atoms with Crippen molar-refractivity contribution in [1.82, 2.24) is 10.2 Å². The van der Waals surface area contributed by atoms with E-state index >= 15 is 0 Å². The zero-order valence-electron chi connectivity index (χ0n) is 13.8. The van der Waals surface area contributed by atoms with Crippen LogP contribution in [0.4, 0.5) is 5.69 Å². The van der Waals surface area contributed by atoms with Gasteiger partial charge in [0.15, 0.2) is 13.1 Å². The average molecular weight is 376 g/mol. The highest BCUT2D eigenvalue weighted by molar-refractivity contribution is 6.42. The van der Waals surface area contributed by atoms with Crippen molar-refractivity contribution < 1.29 is 19.3 Å². The van der Waals surface area contributed by atoms with Crippen LogP contribution in [0.3, 0.4) is 0 Å². The summed E-state index contributed by atoms with van der Waals surface area (Å²) in [5.41, 5.74) is 0.531. The summed E-state index contributed by atoms with van der Waals surface area (Å²) in [5.74, 6) is -0.758. The monoisotopic (exact) mass is 375 g/mol. The number of carbonyl (C=O) groups excluding carboxylic acids is 3. The Balaban J connectivity index is 2.39. The van der Waals surface area contributed by atoms with Gasteiger partial charge in [0.05, 0.1) is 23.6 Å². The molecule has 3 N–H and O–H groups in total. The lowest BCUT2D eigenvalue weighted by Gasteiger charge is -2.15. The predicted molar refractivity (Wildman–Crippen MR) is 93.4 cm³/mol. The van der Waals surface area contributed by atoms with Gasteiger partial charge >= 0.3 is 0 Å². The highest BCUT2D eigenvalue weighted by Gasteiger charge is 2.15. The Bertz CT molecular complexity index is 623. The smallest absolute Gasteiger partial charge is 0.279 e. The molecule has 0 aliphatic rings. The third kappa shape index (κ3) is 7.16. The van der Waals surface area contributed by atoms with Crippen molar-refractivity contribution in [2.24, 2.45) is 0 Å². The summed E-state index contributed by atoms with van der Waals surface area (Å²) in [7, 11) is 4.93. The molecule has 0 aliphatic carbocycles. The lowest BCUT2D eigenvalue weighted by atomic mass is 10.3. The van der Waals surface area contributed by atoms with Crippen LogP contribution >= 0.6 is 23.2 Å². The fourth-order valence-electron chi connectivity index (χ4n) is 1.78. The molecule has 0 aromatic heterocycles. The van der Waals surface area contributed by atoms with Crippen molar-refractivity contribution in [2.75, 3.05) is 46.1 Å². The van der Waals surface area contributed by atoms with E-state index in [1.165, 1.54) is 4.90 Å². The zero-order chi connectivity index (χ0) is 18.3. The Labute approximate surface area is 150 Å². The Morgan fingerprint density at radius 1 is 1.08 bits per heavy atom. The molecule has 132 valence electrons. The minimum atomic E-state index is -0.301. The van der Waals surface area contributed by atoms with E-state index in [1.807, 2.05) is 0 Å². The second-order valence-corrected chi connectivity index (χ2v) is 6.37. The molecule has 0 saturated carbocycles. The molecule has 1 aromatic rings. The van der Waals surface area contributed by atoms with Gasteiger partial charge in [-0.3, -0.25) is 14.4 Å². The SMILES string of the molecule is CN(C)C(=O)CNC(=O)C[NH+](C)CC(=O)Nc1ccc(Cl)c(Cl)c1. The highest BCUT2D eigenvalue weighted by atomic mass is 35.5. The van der Waals surface area contributed by atoms with E-state index in [-0.39, 0.29) is 37.4 Å². The van der Waals surface area contributed by atoms with Crippen molar-refractivity contribution >= 4 is 46.6 Å². The van der Waals surface area contributed by atoms with E-state index in [0.29, 0.717) is 20.6 Å². The van der Waals surface area contributed by atoms with Gasteiger partial charge < -0.3 is 20.4 Å². The molecule has 1 rings (SSSR count). The maximum absolute atomic E-state index is 12.0. The number of nitrogens with one attached hydrogen (secondary N) is 3. The van der Waals surface area contributed by atoms with Crippen molar-refractivity contribution in [3.8, 4) is 0 Å². The Morgan fingerprint density at radius 2 is 1.71 bits per heavy atom. The van der Waals surface area contributed by atoms with E-state index in [1.54, 1.807) is 39.3 Å². The number of quaternary nitrogens is 1. The minimum absolute atomic E-state index is 0.0609. The van der Waals surface area contributed by atoms with Crippen LogP contribution in [0.25, 0.3) is 0 Å². The molecule has 1 unspecified atom stereocenters. The summed E-state index contributed by atoms with van der Waals surface area (Å²) in [4.78, 5) is 37.2. The number of benzene rings is 1. The number of hydrogen-bond acceptors (Lipinski definition) is 3. The molecular formula is C15H21Cl2N4O3+. The summed E-state index contributed by atoms with van der Waals surface area (Å²) >= 11 is 11.7. The Morgan fingerprint density at radius 3 is 2.29 bits per heavy atom. The van der Waals surface area contributed by atoms with Crippen LogP contribution in [0.5, 0.6) is 0 Å². The summed E-state index contributed by atoms with van der Waals surface area (Å²) in [6, 6.07) is 4.78. The number of rotatable bonds is 7. The van der Waals surface area contributed by atoms with Crippen LogP contribution in [0.2, 0.25) is 10.0 Å². The van der Waals surface area contributed by atoms with E-state index in [4.69, 9.17) is 23.2 Å². The maximum Gasteiger partial charge on any atom is 0.279 e. The molecule has 7 nitrogen and oxygen atoms in total. The zero-order valence-corrected chi connectivity index (χ0v) is 15.3. The van der Waals surface area contributed by atoms with Gasteiger partial charge in [0.25, 0.3) is 11.8 Å². The number of halogens is 2. The molecule has 0 fully saturated rings. The third-order valence-corrected chi connectivity index (χ3v) is 3.80. The van der Waals surface area contributed by atoms with Crippen molar-refractivity contribution in [1.29, 1.82) is 0 Å². The molecule has 0 bridgehead atoms. The van der Waals surface area contributed by atoms with Crippen LogP contribution in [-0.2, 0) is 14.4 Å². The molecule has 1 atom stereocenters. The van der Waals surface area contributed by atoms with Crippen molar-refractivity contribution in [3.05, 3.63) is 28.2 Å². The second-order valence-electron chi connectivity index (χ2n) is 5.55. The van der Waals surface area contributed by atoms with Gasteiger partial charge in [-0.25, -0.2) is 0 Å². The topological polar surface area (TPSA) is 83.0 Å². The predicted octanol–water partition coefficient (Wildman–Crippen LogP) is -0.349.